The number of aromatic nitrogens is 4. The van der Waals surface area contributed by atoms with E-state index in [1.807, 2.05) is 12.1 Å². The minimum Gasteiger partial charge on any atom is -0.338 e. The summed E-state index contributed by atoms with van der Waals surface area (Å²) in [7, 11) is 0. The van der Waals surface area contributed by atoms with Gasteiger partial charge in [0.05, 0.1) is 28.8 Å². The molecule has 0 aliphatic heterocycles. The monoisotopic (exact) mass is 528 g/mol. The summed E-state index contributed by atoms with van der Waals surface area (Å²) in [5.41, 5.74) is 0.603. The summed E-state index contributed by atoms with van der Waals surface area (Å²) in [6.07, 6.45) is -4.48. The molecule has 0 saturated carbocycles. The maximum absolute atomic E-state index is 13.3. The summed E-state index contributed by atoms with van der Waals surface area (Å²) in [6, 6.07) is 18.9. The first kappa shape index (κ1) is 24.1. The molecule has 6 nitrogen and oxygen atoms in total. The van der Waals surface area contributed by atoms with E-state index in [0.29, 0.717) is 21.1 Å². The number of nitrogens with zero attached hydrogens (tertiary/aromatic N) is 4. The fourth-order valence-electron chi connectivity index (χ4n) is 3.56. The normalized spacial score (nSPS) is 11.8. The zero-order valence-electron chi connectivity index (χ0n) is 18.4. The third-order valence-electron chi connectivity index (χ3n) is 5.32. The molecule has 0 unspecified atom stereocenters. The maximum atomic E-state index is 13.3. The van der Waals surface area contributed by atoms with Crippen molar-refractivity contribution in [1.29, 1.82) is 0 Å². The molecular formula is C25H16ClF3N4O2S. The fourth-order valence-corrected chi connectivity index (χ4v) is 4.52. The van der Waals surface area contributed by atoms with E-state index in [-0.39, 0.29) is 35.1 Å². The molecule has 0 N–H and O–H groups in total. The summed E-state index contributed by atoms with van der Waals surface area (Å²) in [5.74, 6) is 0.395. The van der Waals surface area contributed by atoms with E-state index >= 15 is 0 Å². The molecule has 0 spiro atoms. The number of hydrogen-bond acceptors (Lipinski definition) is 6. The van der Waals surface area contributed by atoms with Crippen LogP contribution < -0.4 is 5.56 Å². The highest BCUT2D eigenvalue weighted by atomic mass is 35.5. The molecular weight excluding hydrogens is 513 g/mol. The Hall–Kier alpha value is -3.63. The van der Waals surface area contributed by atoms with Gasteiger partial charge in [-0.3, -0.25) is 9.36 Å². The predicted octanol–water partition coefficient (Wildman–Crippen LogP) is 6.46. The largest absolute Gasteiger partial charge is 0.416 e. The summed E-state index contributed by atoms with van der Waals surface area (Å²) in [5, 5.41) is 5.33. The second-order valence-corrected chi connectivity index (χ2v) is 9.19. The maximum Gasteiger partial charge on any atom is 0.416 e. The minimum atomic E-state index is -4.48. The molecule has 36 heavy (non-hydrogen) atoms. The molecule has 0 radical (unpaired) electrons. The van der Waals surface area contributed by atoms with E-state index in [9.17, 15) is 18.0 Å². The van der Waals surface area contributed by atoms with Crippen LogP contribution in [0.15, 0.2) is 87.3 Å². The molecule has 0 saturated heterocycles. The van der Waals surface area contributed by atoms with Gasteiger partial charge in [0.25, 0.3) is 5.56 Å². The van der Waals surface area contributed by atoms with Crippen LogP contribution in [-0.4, -0.2) is 19.7 Å². The summed E-state index contributed by atoms with van der Waals surface area (Å²) in [4.78, 5) is 22.2. The lowest BCUT2D eigenvalue weighted by atomic mass is 10.1. The van der Waals surface area contributed by atoms with Crippen LogP contribution >= 0.6 is 23.4 Å². The van der Waals surface area contributed by atoms with E-state index in [2.05, 4.69) is 15.1 Å². The van der Waals surface area contributed by atoms with Gasteiger partial charge in [-0.2, -0.15) is 18.2 Å². The van der Waals surface area contributed by atoms with E-state index in [1.54, 1.807) is 41.0 Å². The first-order valence-electron chi connectivity index (χ1n) is 10.6. The van der Waals surface area contributed by atoms with Crippen molar-refractivity contribution in [3.05, 3.63) is 105 Å². The van der Waals surface area contributed by atoms with Crippen molar-refractivity contribution in [3.63, 3.8) is 0 Å². The summed E-state index contributed by atoms with van der Waals surface area (Å²) >= 11 is 7.20. The Balaban J connectivity index is 1.43. The molecule has 0 atom stereocenters. The summed E-state index contributed by atoms with van der Waals surface area (Å²) < 4.78 is 46.0. The number of hydrogen-bond donors (Lipinski definition) is 0. The van der Waals surface area contributed by atoms with Gasteiger partial charge in [0, 0.05) is 10.6 Å². The smallest absolute Gasteiger partial charge is 0.338 e. The number of para-hydroxylation sites is 1. The number of alkyl halides is 3. The van der Waals surface area contributed by atoms with Crippen molar-refractivity contribution < 1.29 is 17.7 Å². The quantitative estimate of drug-likeness (QED) is 0.186. The van der Waals surface area contributed by atoms with E-state index in [1.165, 1.54) is 23.9 Å². The van der Waals surface area contributed by atoms with Crippen LogP contribution in [0.5, 0.6) is 0 Å². The number of benzene rings is 3. The molecule has 0 aliphatic rings. The van der Waals surface area contributed by atoms with Crippen LogP contribution in [0.3, 0.4) is 0 Å². The SMILES string of the molecule is O=c1c2ccccc2nc(SCc2nc(-c3cccc(C(F)(F)F)c3)no2)n1Cc1ccc(Cl)cc1. The number of fused-ring (bicyclic) bond motifs is 1. The lowest BCUT2D eigenvalue weighted by Crippen LogP contribution is -2.24. The highest BCUT2D eigenvalue weighted by molar-refractivity contribution is 7.98. The van der Waals surface area contributed by atoms with Gasteiger partial charge in [-0.25, -0.2) is 4.98 Å². The number of halogens is 4. The van der Waals surface area contributed by atoms with Crippen molar-refractivity contribution in [1.82, 2.24) is 19.7 Å². The van der Waals surface area contributed by atoms with Crippen LogP contribution in [0.25, 0.3) is 22.3 Å². The van der Waals surface area contributed by atoms with E-state index < -0.39 is 11.7 Å². The highest BCUT2D eigenvalue weighted by Gasteiger charge is 2.30. The Bertz CT molecular complexity index is 1600. The molecule has 3 aromatic carbocycles. The van der Waals surface area contributed by atoms with E-state index in [0.717, 1.165) is 17.7 Å². The van der Waals surface area contributed by atoms with Gasteiger partial charge >= 0.3 is 6.18 Å². The topological polar surface area (TPSA) is 73.8 Å². The zero-order valence-corrected chi connectivity index (χ0v) is 19.9. The second kappa shape index (κ2) is 9.79. The Kier molecular flexibility index (Phi) is 6.55. The van der Waals surface area contributed by atoms with Crippen molar-refractivity contribution in [2.45, 2.75) is 23.6 Å². The minimum absolute atomic E-state index is 0.0433. The van der Waals surface area contributed by atoms with Gasteiger partial charge in [0.1, 0.15) is 0 Å². The molecule has 11 heteroatoms. The van der Waals surface area contributed by atoms with Gasteiger partial charge < -0.3 is 4.52 Å². The van der Waals surface area contributed by atoms with Gasteiger partial charge in [-0.05, 0) is 42.0 Å². The lowest BCUT2D eigenvalue weighted by molar-refractivity contribution is -0.137. The predicted molar refractivity (Wildman–Crippen MR) is 131 cm³/mol. The Morgan fingerprint density at radius 3 is 2.53 bits per heavy atom. The molecule has 5 rings (SSSR count). The first-order chi connectivity index (χ1) is 17.3. The van der Waals surface area contributed by atoms with E-state index in [4.69, 9.17) is 16.1 Å². The van der Waals surface area contributed by atoms with Gasteiger partial charge in [-0.1, -0.05) is 64.9 Å². The van der Waals surface area contributed by atoms with Crippen LogP contribution in [0.2, 0.25) is 5.02 Å². The molecule has 2 heterocycles. The van der Waals surface area contributed by atoms with Gasteiger partial charge in [0.15, 0.2) is 5.16 Å². The molecule has 182 valence electrons. The average molecular weight is 529 g/mol. The lowest BCUT2D eigenvalue weighted by Gasteiger charge is -2.13. The van der Waals surface area contributed by atoms with Crippen molar-refractivity contribution in [3.8, 4) is 11.4 Å². The standard InChI is InChI=1S/C25H16ClF3N4O2S/c26-18-10-8-15(9-11-18)13-33-23(34)19-6-1-2-7-20(19)30-24(33)36-14-21-31-22(32-35-21)16-4-3-5-17(12-16)25(27,28)29/h1-12H,13-14H2. The van der Waals surface area contributed by atoms with Crippen LogP contribution in [0, 0.1) is 0 Å². The first-order valence-corrected chi connectivity index (χ1v) is 12.0. The zero-order chi connectivity index (χ0) is 25.3. The van der Waals surface area contributed by atoms with Crippen LogP contribution in [0.1, 0.15) is 17.0 Å². The molecule has 0 bridgehead atoms. The number of rotatable bonds is 6. The third kappa shape index (κ3) is 5.14. The van der Waals surface area contributed by atoms with Crippen molar-refractivity contribution in [2.24, 2.45) is 0 Å². The van der Waals surface area contributed by atoms with Crippen LogP contribution in [0.4, 0.5) is 13.2 Å². The molecule has 0 amide bonds. The number of thioether (sulfide) groups is 1. The Morgan fingerprint density at radius 1 is 0.972 bits per heavy atom. The molecule has 2 aromatic heterocycles. The third-order valence-corrected chi connectivity index (χ3v) is 6.53. The van der Waals surface area contributed by atoms with Crippen LogP contribution in [-0.2, 0) is 18.5 Å². The van der Waals surface area contributed by atoms with Crippen molar-refractivity contribution >= 4 is 34.3 Å². The van der Waals surface area contributed by atoms with Gasteiger partial charge in [-0.15, -0.1) is 0 Å². The molecule has 0 fully saturated rings. The Morgan fingerprint density at radius 2 is 1.75 bits per heavy atom. The summed E-state index contributed by atoms with van der Waals surface area (Å²) in [6.45, 7) is 0.273. The molecule has 5 aromatic rings. The average Bonchev–Trinajstić information content (AvgIpc) is 3.35. The second-order valence-electron chi connectivity index (χ2n) is 7.81. The van der Waals surface area contributed by atoms with Gasteiger partial charge in [0.2, 0.25) is 11.7 Å². The van der Waals surface area contributed by atoms with Crippen molar-refractivity contribution in [2.75, 3.05) is 0 Å². The Labute approximate surface area is 211 Å². The highest BCUT2D eigenvalue weighted by Crippen LogP contribution is 2.32. The molecule has 0 aliphatic carbocycles. The fraction of sp³-hybridized carbons (Fsp3) is 0.120.